The first-order chi connectivity index (χ1) is 17.1. The second-order valence-electron chi connectivity index (χ2n) is 7.74. The Morgan fingerprint density at radius 1 is 1.00 bits per heavy atom. The molecule has 0 radical (unpaired) electrons. The van der Waals surface area contributed by atoms with E-state index in [9.17, 15) is 9.59 Å². The number of hydrogen-bond donors (Lipinski definition) is 4. The highest BCUT2D eigenvalue weighted by Gasteiger charge is 2.17. The van der Waals surface area contributed by atoms with Gasteiger partial charge in [-0.1, -0.05) is 12.1 Å². The number of aromatic amines is 2. The number of imidazole rings is 1. The fourth-order valence-corrected chi connectivity index (χ4v) is 3.74. The lowest BCUT2D eigenvalue weighted by molar-refractivity contribution is 0.102. The molecule has 0 atom stereocenters. The molecular formula is C26H22N6O3. The summed E-state index contributed by atoms with van der Waals surface area (Å²) in [5.74, 6) is 0.776. The molecule has 3 heterocycles. The summed E-state index contributed by atoms with van der Waals surface area (Å²) in [6.45, 7) is 0.445. The van der Waals surface area contributed by atoms with Crippen LogP contribution in [0, 0.1) is 0 Å². The lowest BCUT2D eigenvalue weighted by Gasteiger charge is -2.09. The van der Waals surface area contributed by atoms with Gasteiger partial charge in [0.1, 0.15) is 22.7 Å². The molecular weight excluding hydrogens is 444 g/mol. The Labute approximate surface area is 200 Å². The third-order valence-corrected chi connectivity index (χ3v) is 5.50. The van der Waals surface area contributed by atoms with E-state index in [-0.39, 0.29) is 11.5 Å². The number of nitrogens with zero attached hydrogens (tertiary/aromatic N) is 2. The maximum absolute atomic E-state index is 12.8. The van der Waals surface area contributed by atoms with Crippen LogP contribution in [0.15, 0.2) is 83.9 Å². The first-order valence-electron chi connectivity index (χ1n) is 10.9. The van der Waals surface area contributed by atoms with Gasteiger partial charge in [0.2, 0.25) is 0 Å². The van der Waals surface area contributed by atoms with Crippen LogP contribution in [0.3, 0.4) is 0 Å². The SMILES string of the molecule is COc1ccc(C(=O)Nc2cccc3[nH]c(-c4c(NCc5ccccn5)cc[nH]c4=O)nc23)cc1. The van der Waals surface area contributed by atoms with Gasteiger partial charge in [-0.2, -0.15) is 0 Å². The third-order valence-electron chi connectivity index (χ3n) is 5.50. The van der Waals surface area contributed by atoms with Gasteiger partial charge < -0.3 is 25.3 Å². The van der Waals surface area contributed by atoms with Gasteiger partial charge in [-0.25, -0.2) is 4.98 Å². The molecule has 0 spiro atoms. The number of aromatic nitrogens is 4. The van der Waals surface area contributed by atoms with Crippen molar-refractivity contribution in [2.24, 2.45) is 0 Å². The van der Waals surface area contributed by atoms with Crippen molar-refractivity contribution in [3.63, 3.8) is 0 Å². The molecule has 5 aromatic rings. The number of ether oxygens (including phenoxy) is 1. The van der Waals surface area contributed by atoms with Crippen molar-refractivity contribution in [3.05, 3.63) is 101 Å². The molecule has 4 N–H and O–H groups in total. The van der Waals surface area contributed by atoms with E-state index in [4.69, 9.17) is 4.74 Å². The number of amides is 1. The van der Waals surface area contributed by atoms with Crippen molar-refractivity contribution in [2.75, 3.05) is 17.7 Å². The maximum atomic E-state index is 12.8. The van der Waals surface area contributed by atoms with Crippen LogP contribution in [0.2, 0.25) is 0 Å². The fraction of sp³-hybridized carbons (Fsp3) is 0.0769. The summed E-state index contributed by atoms with van der Waals surface area (Å²) in [5.41, 5.74) is 3.77. The van der Waals surface area contributed by atoms with Crippen LogP contribution in [0.4, 0.5) is 11.4 Å². The average molecular weight is 467 g/mol. The lowest BCUT2D eigenvalue weighted by atomic mass is 10.2. The zero-order valence-electron chi connectivity index (χ0n) is 18.8. The van der Waals surface area contributed by atoms with E-state index in [0.717, 1.165) is 5.69 Å². The summed E-state index contributed by atoms with van der Waals surface area (Å²) in [6.07, 6.45) is 3.30. The minimum absolute atomic E-state index is 0.278. The number of pyridine rings is 2. The zero-order valence-corrected chi connectivity index (χ0v) is 18.8. The van der Waals surface area contributed by atoms with Gasteiger partial charge in [0.25, 0.3) is 11.5 Å². The maximum Gasteiger partial charge on any atom is 0.261 e. The van der Waals surface area contributed by atoms with E-state index < -0.39 is 0 Å². The summed E-state index contributed by atoms with van der Waals surface area (Å²) in [5, 5.41) is 6.18. The van der Waals surface area contributed by atoms with Crippen LogP contribution in [0.1, 0.15) is 16.1 Å². The van der Waals surface area contributed by atoms with Crippen LogP contribution in [-0.4, -0.2) is 33.0 Å². The highest BCUT2D eigenvalue weighted by atomic mass is 16.5. The summed E-state index contributed by atoms with van der Waals surface area (Å²) in [7, 11) is 1.57. The lowest BCUT2D eigenvalue weighted by Crippen LogP contribution is -2.13. The summed E-state index contributed by atoms with van der Waals surface area (Å²) in [4.78, 5) is 40.5. The number of H-pyrrole nitrogens is 2. The van der Waals surface area contributed by atoms with Gasteiger partial charge in [0.15, 0.2) is 0 Å². The highest BCUT2D eigenvalue weighted by molar-refractivity contribution is 6.08. The molecule has 9 heteroatoms. The molecule has 0 fully saturated rings. The van der Waals surface area contributed by atoms with E-state index in [1.54, 1.807) is 55.9 Å². The number of para-hydroxylation sites is 1. The van der Waals surface area contributed by atoms with Crippen molar-refractivity contribution in [1.82, 2.24) is 19.9 Å². The number of fused-ring (bicyclic) bond motifs is 1. The van der Waals surface area contributed by atoms with Crippen LogP contribution in [-0.2, 0) is 6.54 Å². The first kappa shape index (κ1) is 21.9. The Kier molecular flexibility index (Phi) is 5.96. The van der Waals surface area contributed by atoms with Crippen LogP contribution >= 0.6 is 0 Å². The largest absolute Gasteiger partial charge is 0.497 e. The monoisotopic (exact) mass is 466 g/mol. The molecule has 0 saturated heterocycles. The average Bonchev–Trinajstić information content (AvgIpc) is 3.33. The smallest absolute Gasteiger partial charge is 0.261 e. The summed E-state index contributed by atoms with van der Waals surface area (Å²) in [6, 6.07) is 19.7. The Balaban J connectivity index is 1.46. The normalized spacial score (nSPS) is 10.8. The molecule has 0 saturated carbocycles. The topological polar surface area (TPSA) is 125 Å². The number of nitrogens with one attached hydrogen (secondary N) is 4. The van der Waals surface area contributed by atoms with E-state index >= 15 is 0 Å². The van der Waals surface area contributed by atoms with E-state index in [1.807, 2.05) is 30.3 Å². The molecule has 0 aliphatic carbocycles. The molecule has 0 bridgehead atoms. The fourth-order valence-electron chi connectivity index (χ4n) is 3.74. The molecule has 5 rings (SSSR count). The molecule has 2 aromatic carbocycles. The first-order valence-corrected chi connectivity index (χ1v) is 10.9. The minimum atomic E-state index is -0.293. The zero-order chi connectivity index (χ0) is 24.2. The minimum Gasteiger partial charge on any atom is -0.497 e. The van der Waals surface area contributed by atoms with Crippen molar-refractivity contribution in [1.29, 1.82) is 0 Å². The molecule has 0 unspecified atom stereocenters. The summed E-state index contributed by atoms with van der Waals surface area (Å²) >= 11 is 0. The number of anilines is 2. The number of carbonyl (C=O) groups excluding carboxylic acids is 1. The quantitative estimate of drug-likeness (QED) is 0.285. The molecule has 35 heavy (non-hydrogen) atoms. The second kappa shape index (κ2) is 9.52. The molecule has 1 amide bonds. The van der Waals surface area contributed by atoms with E-state index in [2.05, 4.69) is 30.6 Å². The van der Waals surface area contributed by atoms with E-state index in [0.29, 0.717) is 51.7 Å². The van der Waals surface area contributed by atoms with E-state index in [1.165, 1.54) is 0 Å². The third kappa shape index (κ3) is 4.60. The Bertz CT molecular complexity index is 1540. The van der Waals surface area contributed by atoms with Crippen LogP contribution in [0.25, 0.3) is 22.4 Å². The second-order valence-corrected chi connectivity index (χ2v) is 7.74. The number of rotatable bonds is 7. The van der Waals surface area contributed by atoms with Crippen molar-refractivity contribution >= 4 is 28.3 Å². The standard InChI is InChI=1S/C26H22N6O3/c1-35-18-10-8-16(9-11-18)25(33)31-21-7-4-6-20-23(21)32-24(30-20)22-19(12-14-28-26(22)34)29-15-17-5-2-3-13-27-17/h2-14H,15H2,1H3,(H,30,32)(H,31,33)(H2,28,29,34). The van der Waals surface area contributed by atoms with Gasteiger partial charge in [0.05, 0.1) is 36.2 Å². The van der Waals surface area contributed by atoms with Gasteiger partial charge in [0, 0.05) is 18.0 Å². The summed E-state index contributed by atoms with van der Waals surface area (Å²) < 4.78 is 5.15. The molecule has 0 aliphatic rings. The predicted octanol–water partition coefficient (Wildman–Crippen LogP) is 4.19. The van der Waals surface area contributed by atoms with Gasteiger partial charge in [-0.15, -0.1) is 0 Å². The van der Waals surface area contributed by atoms with Crippen molar-refractivity contribution in [2.45, 2.75) is 6.54 Å². The van der Waals surface area contributed by atoms with Crippen LogP contribution in [0.5, 0.6) is 5.75 Å². The van der Waals surface area contributed by atoms with Gasteiger partial charge in [-0.05, 0) is 54.6 Å². The number of carbonyl (C=O) groups is 1. The number of methoxy groups -OCH3 is 1. The Hall–Kier alpha value is -4.92. The Morgan fingerprint density at radius 2 is 1.86 bits per heavy atom. The van der Waals surface area contributed by atoms with Crippen molar-refractivity contribution in [3.8, 4) is 17.1 Å². The van der Waals surface area contributed by atoms with Gasteiger partial charge >= 0.3 is 0 Å². The van der Waals surface area contributed by atoms with Gasteiger partial charge in [-0.3, -0.25) is 14.6 Å². The molecule has 3 aromatic heterocycles. The number of benzene rings is 2. The number of hydrogen-bond acceptors (Lipinski definition) is 6. The molecule has 9 nitrogen and oxygen atoms in total. The molecule has 0 aliphatic heterocycles. The highest BCUT2D eigenvalue weighted by Crippen LogP contribution is 2.28. The van der Waals surface area contributed by atoms with Crippen molar-refractivity contribution < 1.29 is 9.53 Å². The Morgan fingerprint density at radius 3 is 2.63 bits per heavy atom. The van der Waals surface area contributed by atoms with Crippen LogP contribution < -0.4 is 20.9 Å². The molecule has 174 valence electrons. The predicted molar refractivity (Wildman–Crippen MR) is 135 cm³/mol.